The molecule has 20 heavy (non-hydrogen) atoms. The molecule has 110 valence electrons. The number of nitrogens with zero attached hydrogens (tertiary/aromatic N) is 2. The Labute approximate surface area is 123 Å². The Morgan fingerprint density at radius 3 is 2.70 bits per heavy atom. The summed E-state index contributed by atoms with van der Waals surface area (Å²) in [4.78, 5) is 4.98. The fourth-order valence-corrected chi connectivity index (χ4v) is 3.00. The Bertz CT molecular complexity index is 467. The van der Waals surface area contributed by atoms with Crippen molar-refractivity contribution in [3.63, 3.8) is 0 Å². The molecular formula is C17H27N3. The summed E-state index contributed by atoms with van der Waals surface area (Å²) in [6.45, 7) is 9.02. The number of benzene rings is 1. The van der Waals surface area contributed by atoms with Crippen molar-refractivity contribution in [1.82, 2.24) is 10.2 Å². The fraction of sp³-hybridized carbons (Fsp3) is 0.647. The smallest absolute Gasteiger partial charge is 0.0397 e. The van der Waals surface area contributed by atoms with Gasteiger partial charge >= 0.3 is 0 Å². The lowest BCUT2D eigenvalue weighted by atomic mass is 10.1. The minimum atomic E-state index is 0.638. The first-order valence-corrected chi connectivity index (χ1v) is 7.91. The molecule has 1 aromatic rings. The lowest BCUT2D eigenvalue weighted by molar-refractivity contribution is 0.234. The van der Waals surface area contributed by atoms with Gasteiger partial charge in [-0.3, -0.25) is 0 Å². The molecule has 2 fully saturated rings. The topological polar surface area (TPSA) is 18.5 Å². The van der Waals surface area contributed by atoms with Gasteiger partial charge in [0.25, 0.3) is 0 Å². The first-order chi connectivity index (χ1) is 9.63. The Morgan fingerprint density at radius 1 is 1.25 bits per heavy atom. The van der Waals surface area contributed by atoms with E-state index < -0.39 is 0 Å². The number of anilines is 1. The van der Waals surface area contributed by atoms with Crippen LogP contribution >= 0.6 is 0 Å². The van der Waals surface area contributed by atoms with Gasteiger partial charge in [0.1, 0.15) is 0 Å². The minimum Gasteiger partial charge on any atom is -0.368 e. The van der Waals surface area contributed by atoms with Crippen molar-refractivity contribution >= 4 is 5.69 Å². The number of rotatable bonds is 4. The summed E-state index contributed by atoms with van der Waals surface area (Å²) in [5, 5.41) is 3.59. The lowest BCUT2D eigenvalue weighted by Crippen LogP contribution is -2.50. The highest BCUT2D eigenvalue weighted by molar-refractivity contribution is 5.55. The van der Waals surface area contributed by atoms with E-state index in [4.69, 9.17) is 0 Å². The van der Waals surface area contributed by atoms with E-state index in [-0.39, 0.29) is 0 Å². The van der Waals surface area contributed by atoms with Crippen LogP contribution < -0.4 is 10.2 Å². The largest absolute Gasteiger partial charge is 0.368 e. The van der Waals surface area contributed by atoms with Crippen molar-refractivity contribution in [2.45, 2.75) is 45.3 Å². The van der Waals surface area contributed by atoms with Crippen LogP contribution in [0.4, 0.5) is 5.69 Å². The molecule has 1 N–H and O–H groups in total. The van der Waals surface area contributed by atoms with E-state index in [0.29, 0.717) is 6.04 Å². The van der Waals surface area contributed by atoms with E-state index in [1.165, 1.54) is 29.7 Å². The van der Waals surface area contributed by atoms with E-state index in [1.54, 1.807) is 0 Å². The monoisotopic (exact) mass is 273 g/mol. The number of aryl methyl sites for hydroxylation is 1. The molecule has 1 heterocycles. The molecule has 3 nitrogen and oxygen atoms in total. The van der Waals surface area contributed by atoms with Crippen LogP contribution in [-0.4, -0.2) is 43.7 Å². The zero-order valence-electron chi connectivity index (χ0n) is 13.0. The first kappa shape index (κ1) is 13.9. The van der Waals surface area contributed by atoms with Gasteiger partial charge in [0, 0.05) is 44.0 Å². The maximum atomic E-state index is 3.59. The molecule has 1 aliphatic heterocycles. The zero-order chi connectivity index (χ0) is 14.1. The number of piperazine rings is 1. The molecule has 3 rings (SSSR count). The Balaban J connectivity index is 1.66. The van der Waals surface area contributed by atoms with Crippen molar-refractivity contribution in [2.24, 2.45) is 0 Å². The minimum absolute atomic E-state index is 0.638. The van der Waals surface area contributed by atoms with Gasteiger partial charge < -0.3 is 15.1 Å². The molecule has 0 spiro atoms. The molecule has 3 heteroatoms. The quantitative estimate of drug-likeness (QED) is 0.909. The van der Waals surface area contributed by atoms with Crippen molar-refractivity contribution in [3.8, 4) is 0 Å². The highest BCUT2D eigenvalue weighted by atomic mass is 15.3. The van der Waals surface area contributed by atoms with Gasteiger partial charge in [-0.15, -0.1) is 0 Å². The summed E-state index contributed by atoms with van der Waals surface area (Å²) in [5.74, 6) is 0. The van der Waals surface area contributed by atoms with Crippen LogP contribution in [0.3, 0.4) is 0 Å². The maximum absolute atomic E-state index is 3.59. The molecule has 2 aliphatic rings. The summed E-state index contributed by atoms with van der Waals surface area (Å²) in [6.07, 6.45) is 2.71. The summed E-state index contributed by atoms with van der Waals surface area (Å²) in [5.41, 5.74) is 4.25. The number of nitrogens with one attached hydrogen (secondary N) is 1. The van der Waals surface area contributed by atoms with Crippen molar-refractivity contribution in [2.75, 3.05) is 31.6 Å². The second kappa shape index (κ2) is 5.74. The normalized spacial score (nSPS) is 24.1. The summed E-state index contributed by atoms with van der Waals surface area (Å²) >= 11 is 0. The predicted molar refractivity (Wildman–Crippen MR) is 85.3 cm³/mol. The molecule has 1 aromatic carbocycles. The van der Waals surface area contributed by atoms with E-state index in [0.717, 1.165) is 32.2 Å². The average Bonchev–Trinajstić information content (AvgIpc) is 3.24. The molecule has 1 unspecified atom stereocenters. The Hall–Kier alpha value is -1.06. The molecule has 0 aromatic heterocycles. The molecule has 0 bridgehead atoms. The van der Waals surface area contributed by atoms with E-state index in [1.807, 2.05) is 0 Å². The second-order valence-corrected chi connectivity index (χ2v) is 6.55. The number of hydrogen-bond acceptors (Lipinski definition) is 3. The summed E-state index contributed by atoms with van der Waals surface area (Å²) in [7, 11) is 2.22. The molecule has 1 saturated carbocycles. The third kappa shape index (κ3) is 3.15. The van der Waals surface area contributed by atoms with Gasteiger partial charge in [-0.25, -0.2) is 0 Å². The van der Waals surface area contributed by atoms with E-state index >= 15 is 0 Å². The second-order valence-electron chi connectivity index (χ2n) is 6.55. The SMILES string of the molecule is Cc1cc(CNC2CC2)ccc1N1CCN(C)C(C)C1. The van der Waals surface area contributed by atoms with Crippen LogP contribution in [0.5, 0.6) is 0 Å². The molecule has 1 saturated heterocycles. The highest BCUT2D eigenvalue weighted by Gasteiger charge is 2.22. The third-order valence-corrected chi connectivity index (χ3v) is 4.73. The Kier molecular flexibility index (Phi) is 3.99. The lowest BCUT2D eigenvalue weighted by Gasteiger charge is -2.39. The third-order valence-electron chi connectivity index (χ3n) is 4.73. The summed E-state index contributed by atoms with van der Waals surface area (Å²) < 4.78 is 0. The van der Waals surface area contributed by atoms with Crippen LogP contribution in [0, 0.1) is 6.92 Å². The van der Waals surface area contributed by atoms with Gasteiger partial charge in [0.05, 0.1) is 0 Å². The zero-order valence-corrected chi connectivity index (χ0v) is 13.0. The number of likely N-dealkylation sites (N-methyl/N-ethyl adjacent to an activating group) is 1. The standard InChI is InChI=1S/C17H27N3/c1-13-10-15(11-18-16-5-6-16)4-7-17(13)20-9-8-19(3)14(2)12-20/h4,7,10,14,16,18H,5-6,8-9,11-12H2,1-3H3. The van der Waals surface area contributed by atoms with Crippen LogP contribution in [0.2, 0.25) is 0 Å². The van der Waals surface area contributed by atoms with Gasteiger partial charge in [-0.2, -0.15) is 0 Å². The molecule has 0 radical (unpaired) electrons. The predicted octanol–water partition coefficient (Wildman–Crippen LogP) is 2.39. The van der Waals surface area contributed by atoms with E-state index in [2.05, 4.69) is 54.2 Å². The fourth-order valence-electron chi connectivity index (χ4n) is 3.00. The van der Waals surface area contributed by atoms with Crippen molar-refractivity contribution < 1.29 is 0 Å². The molecule has 1 atom stereocenters. The van der Waals surface area contributed by atoms with Crippen LogP contribution in [0.1, 0.15) is 30.9 Å². The molecule has 0 amide bonds. The van der Waals surface area contributed by atoms with Gasteiger partial charge in [0.15, 0.2) is 0 Å². The molecular weight excluding hydrogens is 246 g/mol. The van der Waals surface area contributed by atoms with Crippen molar-refractivity contribution in [1.29, 1.82) is 0 Å². The van der Waals surface area contributed by atoms with Gasteiger partial charge in [0.2, 0.25) is 0 Å². The maximum Gasteiger partial charge on any atom is 0.0397 e. The van der Waals surface area contributed by atoms with Crippen LogP contribution in [0.15, 0.2) is 18.2 Å². The van der Waals surface area contributed by atoms with Gasteiger partial charge in [-0.05, 0) is 50.9 Å². The number of hydrogen-bond donors (Lipinski definition) is 1. The van der Waals surface area contributed by atoms with Crippen LogP contribution in [-0.2, 0) is 6.54 Å². The van der Waals surface area contributed by atoms with Crippen molar-refractivity contribution in [3.05, 3.63) is 29.3 Å². The summed E-state index contributed by atoms with van der Waals surface area (Å²) in [6, 6.07) is 8.39. The van der Waals surface area contributed by atoms with Crippen LogP contribution in [0.25, 0.3) is 0 Å². The van der Waals surface area contributed by atoms with Gasteiger partial charge in [-0.1, -0.05) is 12.1 Å². The Morgan fingerprint density at radius 2 is 2.05 bits per heavy atom. The highest BCUT2D eigenvalue weighted by Crippen LogP contribution is 2.25. The average molecular weight is 273 g/mol. The first-order valence-electron chi connectivity index (χ1n) is 7.91. The molecule has 1 aliphatic carbocycles. The van der Waals surface area contributed by atoms with E-state index in [9.17, 15) is 0 Å².